The van der Waals surface area contributed by atoms with Crippen LogP contribution in [0.2, 0.25) is 5.02 Å². The first kappa shape index (κ1) is 25.3. The number of carbonyl (C=O) groups is 2. The zero-order chi connectivity index (χ0) is 24.9. The molecule has 2 aromatic carbocycles. The molecule has 0 saturated carbocycles. The molecule has 1 aliphatic heterocycles. The maximum absolute atomic E-state index is 13.6. The van der Waals surface area contributed by atoms with Crippen LogP contribution < -0.4 is 4.74 Å². The Morgan fingerprint density at radius 2 is 1.83 bits per heavy atom. The van der Waals surface area contributed by atoms with E-state index in [0.717, 1.165) is 17.5 Å². The van der Waals surface area contributed by atoms with Crippen molar-refractivity contribution >= 4 is 34.8 Å². The van der Waals surface area contributed by atoms with E-state index in [1.54, 1.807) is 28.4 Å². The average Bonchev–Trinajstić information content (AvgIpc) is 3.32. The summed E-state index contributed by atoms with van der Waals surface area (Å²) in [6.07, 6.45) is 0.812. The fourth-order valence-corrected chi connectivity index (χ4v) is 5.43. The van der Waals surface area contributed by atoms with Crippen LogP contribution in [-0.2, 0) is 11.2 Å². The lowest BCUT2D eigenvalue weighted by Gasteiger charge is -2.37. The molecule has 184 valence electrons. The molecule has 0 bridgehead atoms. The molecule has 7 heteroatoms. The van der Waals surface area contributed by atoms with Crippen molar-refractivity contribution in [2.45, 2.75) is 33.2 Å². The van der Waals surface area contributed by atoms with Crippen molar-refractivity contribution in [3.8, 4) is 5.75 Å². The van der Waals surface area contributed by atoms with Crippen LogP contribution in [0, 0.1) is 12.8 Å². The third-order valence-corrected chi connectivity index (χ3v) is 7.38. The SMILES string of the molecule is Cc1ccc(C(=O)N(CC(=O)N2CCc3sccc3[C@H]2COc2ccc(Cl)cc2)CC(C)C)cc1. The standard InChI is InChI=1S/C28H31ClN2O3S/c1-19(2)16-30(28(33)21-6-4-20(3)5-7-21)17-27(32)31-14-12-26-24(13-15-35-26)25(31)18-34-23-10-8-22(29)9-11-23/h4-11,13,15,19,25H,12,14,16-18H2,1-3H3/t25-/m1/s1. The molecule has 0 spiro atoms. The second-order valence-electron chi connectivity index (χ2n) is 9.36. The average molecular weight is 511 g/mol. The van der Waals surface area contributed by atoms with Crippen molar-refractivity contribution in [2.24, 2.45) is 5.92 Å². The highest BCUT2D eigenvalue weighted by Gasteiger charge is 2.33. The quantitative estimate of drug-likeness (QED) is 0.372. The lowest BCUT2D eigenvalue weighted by atomic mass is 10.00. The van der Waals surface area contributed by atoms with Crippen LogP contribution in [0.25, 0.3) is 0 Å². The van der Waals surface area contributed by atoms with Gasteiger partial charge in [0.05, 0.1) is 6.04 Å². The fourth-order valence-electron chi connectivity index (χ4n) is 4.37. The molecule has 5 nitrogen and oxygen atoms in total. The normalized spacial score (nSPS) is 15.1. The molecule has 2 heterocycles. The number of amides is 2. The number of nitrogens with zero attached hydrogens (tertiary/aromatic N) is 2. The minimum absolute atomic E-state index is 0.0435. The van der Waals surface area contributed by atoms with Gasteiger partial charge in [0.2, 0.25) is 5.91 Å². The van der Waals surface area contributed by atoms with Crippen molar-refractivity contribution in [3.63, 3.8) is 0 Å². The van der Waals surface area contributed by atoms with E-state index in [4.69, 9.17) is 16.3 Å². The zero-order valence-corrected chi connectivity index (χ0v) is 21.9. The zero-order valence-electron chi connectivity index (χ0n) is 20.4. The van der Waals surface area contributed by atoms with E-state index in [-0.39, 0.29) is 30.3 Å². The summed E-state index contributed by atoms with van der Waals surface area (Å²) in [6.45, 7) is 7.61. The Morgan fingerprint density at radius 1 is 1.11 bits per heavy atom. The number of fused-ring (bicyclic) bond motifs is 1. The van der Waals surface area contributed by atoms with E-state index in [1.165, 1.54) is 4.88 Å². The van der Waals surface area contributed by atoms with E-state index < -0.39 is 0 Å². The van der Waals surface area contributed by atoms with Gasteiger partial charge in [0.15, 0.2) is 0 Å². The lowest BCUT2D eigenvalue weighted by molar-refractivity contribution is -0.135. The molecular weight excluding hydrogens is 480 g/mol. The molecule has 4 rings (SSSR count). The molecule has 1 aromatic heterocycles. The highest BCUT2D eigenvalue weighted by atomic mass is 35.5. The van der Waals surface area contributed by atoms with Crippen LogP contribution in [0.1, 0.15) is 46.3 Å². The fraction of sp³-hybridized carbons (Fsp3) is 0.357. The van der Waals surface area contributed by atoms with Crippen LogP contribution in [0.5, 0.6) is 5.75 Å². The summed E-state index contributed by atoms with van der Waals surface area (Å²) in [5, 5.41) is 2.72. The topological polar surface area (TPSA) is 49.9 Å². The highest BCUT2D eigenvalue weighted by Crippen LogP contribution is 2.34. The number of ether oxygens (including phenoxy) is 1. The molecule has 3 aromatic rings. The summed E-state index contributed by atoms with van der Waals surface area (Å²) in [6, 6.07) is 16.6. The van der Waals surface area contributed by atoms with Gasteiger partial charge in [-0.3, -0.25) is 9.59 Å². The number of carbonyl (C=O) groups excluding carboxylic acids is 2. The maximum atomic E-state index is 13.6. The Kier molecular flexibility index (Phi) is 8.14. The summed E-state index contributed by atoms with van der Waals surface area (Å²) in [5.74, 6) is 0.771. The summed E-state index contributed by atoms with van der Waals surface area (Å²) in [5.41, 5.74) is 2.82. The first-order valence-corrected chi connectivity index (χ1v) is 13.2. The van der Waals surface area contributed by atoms with Gasteiger partial charge in [0.1, 0.15) is 18.9 Å². The highest BCUT2D eigenvalue weighted by molar-refractivity contribution is 7.10. The predicted molar refractivity (Wildman–Crippen MR) is 141 cm³/mol. The summed E-state index contributed by atoms with van der Waals surface area (Å²) in [7, 11) is 0. The van der Waals surface area contributed by atoms with Gasteiger partial charge >= 0.3 is 0 Å². The first-order chi connectivity index (χ1) is 16.8. The minimum atomic E-state index is -0.205. The van der Waals surface area contributed by atoms with E-state index >= 15 is 0 Å². The molecule has 1 atom stereocenters. The molecule has 2 amide bonds. The number of rotatable bonds is 8. The van der Waals surface area contributed by atoms with Crippen molar-refractivity contribution in [2.75, 3.05) is 26.2 Å². The molecular formula is C28H31ClN2O3S. The molecule has 1 aliphatic rings. The number of aryl methyl sites for hydroxylation is 1. The van der Waals surface area contributed by atoms with Crippen molar-refractivity contribution in [1.82, 2.24) is 9.80 Å². The van der Waals surface area contributed by atoms with Gasteiger partial charge in [-0.1, -0.05) is 43.1 Å². The largest absolute Gasteiger partial charge is 0.491 e. The number of benzene rings is 2. The van der Waals surface area contributed by atoms with Crippen LogP contribution in [0.3, 0.4) is 0 Å². The van der Waals surface area contributed by atoms with Crippen molar-refractivity contribution in [1.29, 1.82) is 0 Å². The molecule has 0 saturated heterocycles. The Morgan fingerprint density at radius 3 is 2.51 bits per heavy atom. The summed E-state index contributed by atoms with van der Waals surface area (Å²) >= 11 is 7.72. The van der Waals surface area contributed by atoms with Gasteiger partial charge in [-0.2, -0.15) is 0 Å². The lowest BCUT2D eigenvalue weighted by Crippen LogP contribution is -2.48. The van der Waals surface area contributed by atoms with Crippen LogP contribution in [-0.4, -0.2) is 47.9 Å². The third-order valence-electron chi connectivity index (χ3n) is 6.13. The molecule has 0 unspecified atom stereocenters. The number of hydrogen-bond acceptors (Lipinski definition) is 4. The van der Waals surface area contributed by atoms with Gasteiger partial charge in [-0.15, -0.1) is 11.3 Å². The van der Waals surface area contributed by atoms with Gasteiger partial charge in [0, 0.05) is 28.6 Å². The van der Waals surface area contributed by atoms with E-state index in [2.05, 4.69) is 25.3 Å². The smallest absolute Gasteiger partial charge is 0.254 e. The Balaban J connectivity index is 1.52. The van der Waals surface area contributed by atoms with E-state index in [1.807, 2.05) is 48.2 Å². The molecule has 0 aliphatic carbocycles. The van der Waals surface area contributed by atoms with Crippen molar-refractivity contribution in [3.05, 3.63) is 86.6 Å². The Labute approximate surface area is 216 Å². The van der Waals surface area contributed by atoms with Gasteiger partial charge < -0.3 is 14.5 Å². The Hall–Kier alpha value is -2.83. The second kappa shape index (κ2) is 11.3. The number of thiophene rings is 1. The summed E-state index contributed by atoms with van der Waals surface area (Å²) < 4.78 is 6.08. The number of hydrogen-bond donors (Lipinski definition) is 0. The second-order valence-corrected chi connectivity index (χ2v) is 10.8. The molecule has 35 heavy (non-hydrogen) atoms. The van der Waals surface area contributed by atoms with E-state index in [0.29, 0.717) is 36.0 Å². The predicted octanol–water partition coefficient (Wildman–Crippen LogP) is 6.01. The molecule has 0 fully saturated rings. The van der Waals surface area contributed by atoms with Gasteiger partial charge in [0.25, 0.3) is 5.91 Å². The third kappa shape index (κ3) is 6.24. The van der Waals surface area contributed by atoms with Gasteiger partial charge in [-0.05, 0) is 72.7 Å². The van der Waals surface area contributed by atoms with Crippen molar-refractivity contribution < 1.29 is 14.3 Å². The van der Waals surface area contributed by atoms with E-state index in [9.17, 15) is 9.59 Å². The minimum Gasteiger partial charge on any atom is -0.491 e. The Bertz CT molecular complexity index is 1160. The molecule has 0 N–H and O–H groups in total. The molecule has 0 radical (unpaired) electrons. The van der Waals surface area contributed by atoms with Crippen LogP contribution in [0.4, 0.5) is 0 Å². The monoisotopic (exact) mass is 510 g/mol. The summed E-state index contributed by atoms with van der Waals surface area (Å²) in [4.78, 5) is 31.8. The number of halogens is 1. The van der Waals surface area contributed by atoms with Gasteiger partial charge in [-0.25, -0.2) is 0 Å². The van der Waals surface area contributed by atoms with Crippen LogP contribution in [0.15, 0.2) is 60.0 Å². The maximum Gasteiger partial charge on any atom is 0.254 e. The van der Waals surface area contributed by atoms with Crippen LogP contribution >= 0.6 is 22.9 Å². The first-order valence-electron chi connectivity index (χ1n) is 11.9.